The monoisotopic (exact) mass is 238 g/mol. The molecule has 90 valence electrons. The molecule has 0 aromatic heterocycles. The molecule has 0 unspecified atom stereocenters. The van der Waals surface area contributed by atoms with Gasteiger partial charge in [0.25, 0.3) is 5.92 Å². The summed E-state index contributed by atoms with van der Waals surface area (Å²) < 4.78 is 25.9. The lowest BCUT2D eigenvalue weighted by molar-refractivity contribution is -0.174. The fourth-order valence-electron chi connectivity index (χ4n) is 2.25. The highest BCUT2D eigenvalue weighted by molar-refractivity contribution is 5.83. The largest absolute Gasteiger partial charge is 0.481 e. The number of carboxylic acids is 1. The fraction of sp³-hybridized carbons (Fsp3) is 0.308. The Bertz CT molecular complexity index is 455. The standard InChI is InChI=1S/C13H12F2O2/c1-2-9-3-5-10(6-4-9)12(11(16)17)7-13(14,15)8-12/h2-6H,1,7-8H2,(H,16,17). The number of alkyl halides is 2. The van der Waals surface area contributed by atoms with E-state index in [2.05, 4.69) is 6.58 Å². The molecular formula is C13H12F2O2. The number of hydrogen-bond donors (Lipinski definition) is 1. The van der Waals surface area contributed by atoms with Gasteiger partial charge >= 0.3 is 5.97 Å². The van der Waals surface area contributed by atoms with E-state index in [-0.39, 0.29) is 0 Å². The minimum Gasteiger partial charge on any atom is -0.481 e. The Balaban J connectivity index is 2.35. The second kappa shape index (κ2) is 3.65. The SMILES string of the molecule is C=Cc1ccc(C2(C(=O)O)CC(F)(F)C2)cc1. The highest BCUT2D eigenvalue weighted by Gasteiger charge is 2.62. The van der Waals surface area contributed by atoms with Gasteiger partial charge in [-0.25, -0.2) is 8.78 Å². The van der Waals surface area contributed by atoms with Crippen LogP contribution in [-0.4, -0.2) is 17.0 Å². The Morgan fingerprint density at radius 3 is 2.18 bits per heavy atom. The molecule has 1 aliphatic rings. The molecule has 1 N–H and O–H groups in total. The first-order valence-electron chi connectivity index (χ1n) is 5.24. The van der Waals surface area contributed by atoms with Crippen LogP contribution < -0.4 is 0 Å². The molecule has 1 aliphatic carbocycles. The third-order valence-electron chi connectivity index (χ3n) is 3.23. The van der Waals surface area contributed by atoms with E-state index in [0.29, 0.717) is 5.56 Å². The van der Waals surface area contributed by atoms with Crippen LogP contribution in [0.5, 0.6) is 0 Å². The number of halogens is 2. The number of aliphatic carboxylic acids is 1. The maximum Gasteiger partial charge on any atom is 0.314 e. The highest BCUT2D eigenvalue weighted by atomic mass is 19.3. The van der Waals surface area contributed by atoms with Gasteiger partial charge in [-0.15, -0.1) is 0 Å². The third-order valence-corrected chi connectivity index (χ3v) is 3.23. The molecule has 1 aromatic carbocycles. The first kappa shape index (κ1) is 11.8. The molecule has 0 bridgehead atoms. The van der Waals surface area contributed by atoms with Crippen LogP contribution in [0, 0.1) is 0 Å². The van der Waals surface area contributed by atoms with Crippen molar-refractivity contribution in [1.29, 1.82) is 0 Å². The maximum absolute atomic E-state index is 12.9. The van der Waals surface area contributed by atoms with Crippen molar-refractivity contribution >= 4 is 12.0 Å². The van der Waals surface area contributed by atoms with Crippen LogP contribution in [0.4, 0.5) is 8.78 Å². The van der Waals surface area contributed by atoms with Gasteiger partial charge in [0.05, 0.1) is 0 Å². The zero-order valence-electron chi connectivity index (χ0n) is 9.12. The Morgan fingerprint density at radius 2 is 1.82 bits per heavy atom. The number of hydrogen-bond acceptors (Lipinski definition) is 1. The first-order valence-corrected chi connectivity index (χ1v) is 5.24. The van der Waals surface area contributed by atoms with E-state index >= 15 is 0 Å². The van der Waals surface area contributed by atoms with Crippen molar-refractivity contribution in [1.82, 2.24) is 0 Å². The van der Waals surface area contributed by atoms with Gasteiger partial charge in [0, 0.05) is 12.8 Å². The minimum atomic E-state index is -2.87. The molecule has 2 rings (SSSR count). The Kier molecular flexibility index (Phi) is 2.53. The van der Waals surface area contributed by atoms with Crippen molar-refractivity contribution in [3.05, 3.63) is 42.0 Å². The fourth-order valence-corrected chi connectivity index (χ4v) is 2.25. The summed E-state index contributed by atoms with van der Waals surface area (Å²) in [6, 6.07) is 6.54. The summed E-state index contributed by atoms with van der Waals surface area (Å²) in [5.74, 6) is -4.05. The summed E-state index contributed by atoms with van der Waals surface area (Å²) in [6.45, 7) is 3.58. The summed E-state index contributed by atoms with van der Waals surface area (Å²) in [5.41, 5.74) is -0.162. The van der Waals surface area contributed by atoms with E-state index in [4.69, 9.17) is 5.11 Å². The second-order valence-corrected chi connectivity index (χ2v) is 4.42. The molecule has 0 spiro atoms. The molecule has 0 radical (unpaired) electrons. The van der Waals surface area contributed by atoms with Crippen molar-refractivity contribution in [3.8, 4) is 0 Å². The summed E-state index contributed by atoms with van der Waals surface area (Å²) in [4.78, 5) is 11.2. The van der Waals surface area contributed by atoms with Crippen molar-refractivity contribution < 1.29 is 18.7 Å². The Hall–Kier alpha value is -1.71. The molecule has 17 heavy (non-hydrogen) atoms. The maximum atomic E-state index is 12.9. The number of benzene rings is 1. The van der Waals surface area contributed by atoms with E-state index < -0.39 is 30.1 Å². The first-order chi connectivity index (χ1) is 7.89. The summed E-state index contributed by atoms with van der Waals surface area (Å²) >= 11 is 0. The quantitative estimate of drug-likeness (QED) is 0.878. The van der Waals surface area contributed by atoms with Crippen molar-refractivity contribution in [2.24, 2.45) is 0 Å². The molecular weight excluding hydrogens is 226 g/mol. The average Bonchev–Trinajstić information content (AvgIpc) is 2.25. The summed E-state index contributed by atoms with van der Waals surface area (Å²) in [5, 5.41) is 9.14. The van der Waals surface area contributed by atoms with Gasteiger partial charge in [0.15, 0.2) is 0 Å². The van der Waals surface area contributed by atoms with Crippen LogP contribution in [0.3, 0.4) is 0 Å². The lowest BCUT2D eigenvalue weighted by Gasteiger charge is -2.44. The topological polar surface area (TPSA) is 37.3 Å². The van der Waals surface area contributed by atoms with Crippen LogP contribution in [0.25, 0.3) is 6.08 Å². The predicted octanol–water partition coefficient (Wildman–Crippen LogP) is 3.08. The van der Waals surface area contributed by atoms with E-state index in [1.54, 1.807) is 30.3 Å². The van der Waals surface area contributed by atoms with Gasteiger partial charge in [-0.05, 0) is 11.1 Å². The number of carbonyl (C=O) groups is 1. The van der Waals surface area contributed by atoms with Gasteiger partial charge in [-0.3, -0.25) is 4.79 Å². The van der Waals surface area contributed by atoms with E-state index in [1.165, 1.54) is 0 Å². The lowest BCUT2D eigenvalue weighted by atomic mass is 9.62. The molecule has 2 nitrogen and oxygen atoms in total. The Labute approximate surface area is 97.6 Å². The molecule has 1 saturated carbocycles. The molecule has 0 saturated heterocycles. The summed E-state index contributed by atoms with van der Waals surface area (Å²) in [6.07, 6.45) is 0.373. The normalized spacial score (nSPS) is 20.4. The van der Waals surface area contributed by atoms with Gasteiger partial charge in [0.2, 0.25) is 0 Å². The van der Waals surface area contributed by atoms with Crippen molar-refractivity contribution in [3.63, 3.8) is 0 Å². The van der Waals surface area contributed by atoms with Gasteiger partial charge < -0.3 is 5.11 Å². The van der Waals surface area contributed by atoms with Gasteiger partial charge in [-0.2, -0.15) is 0 Å². The average molecular weight is 238 g/mol. The van der Waals surface area contributed by atoms with Gasteiger partial charge in [0.1, 0.15) is 5.41 Å². The second-order valence-electron chi connectivity index (χ2n) is 4.42. The minimum absolute atomic E-state index is 0.432. The highest BCUT2D eigenvalue weighted by Crippen LogP contribution is 2.53. The van der Waals surface area contributed by atoms with Crippen LogP contribution in [-0.2, 0) is 10.2 Å². The summed E-state index contributed by atoms with van der Waals surface area (Å²) in [7, 11) is 0. The third kappa shape index (κ3) is 1.84. The predicted molar refractivity (Wildman–Crippen MR) is 60.0 cm³/mol. The lowest BCUT2D eigenvalue weighted by Crippen LogP contribution is -2.54. The van der Waals surface area contributed by atoms with Crippen molar-refractivity contribution in [2.75, 3.05) is 0 Å². The molecule has 0 amide bonds. The van der Waals surface area contributed by atoms with Crippen LogP contribution in [0.2, 0.25) is 0 Å². The molecule has 4 heteroatoms. The van der Waals surface area contributed by atoms with Gasteiger partial charge in [-0.1, -0.05) is 36.9 Å². The van der Waals surface area contributed by atoms with E-state index in [0.717, 1.165) is 5.56 Å². The molecule has 0 heterocycles. The van der Waals surface area contributed by atoms with E-state index in [9.17, 15) is 13.6 Å². The zero-order valence-corrected chi connectivity index (χ0v) is 9.12. The zero-order chi connectivity index (χ0) is 12.7. The number of rotatable bonds is 3. The van der Waals surface area contributed by atoms with Crippen molar-refractivity contribution in [2.45, 2.75) is 24.2 Å². The number of carboxylic acid groups (broad SMARTS) is 1. The van der Waals surface area contributed by atoms with Crippen LogP contribution in [0.15, 0.2) is 30.8 Å². The van der Waals surface area contributed by atoms with Crippen LogP contribution >= 0.6 is 0 Å². The van der Waals surface area contributed by atoms with E-state index in [1.807, 2.05) is 0 Å². The smallest absolute Gasteiger partial charge is 0.314 e. The van der Waals surface area contributed by atoms with Crippen LogP contribution in [0.1, 0.15) is 24.0 Å². The molecule has 0 aliphatic heterocycles. The molecule has 1 fully saturated rings. The Morgan fingerprint density at radius 1 is 1.29 bits per heavy atom. The molecule has 1 aromatic rings. The molecule has 0 atom stereocenters.